The van der Waals surface area contributed by atoms with E-state index in [2.05, 4.69) is 33.6 Å². The molecular formula is C21H26N4O2. The third-order valence-corrected chi connectivity index (χ3v) is 4.55. The Morgan fingerprint density at radius 1 is 1.07 bits per heavy atom. The zero-order valence-electron chi connectivity index (χ0n) is 15.9. The summed E-state index contributed by atoms with van der Waals surface area (Å²) >= 11 is 0. The summed E-state index contributed by atoms with van der Waals surface area (Å²) in [5.74, 6) is 1.01. The Bertz CT molecular complexity index is 872. The SMILES string of the molecule is CCN(CC)CCn1c(NC(=O)COc2ccccc2)nc2ccccc21. The monoisotopic (exact) mass is 366 g/mol. The molecule has 1 heterocycles. The average Bonchev–Trinajstić information content (AvgIpc) is 3.05. The van der Waals surface area contributed by atoms with Crippen molar-refractivity contribution in [1.82, 2.24) is 14.5 Å². The summed E-state index contributed by atoms with van der Waals surface area (Å²) in [7, 11) is 0. The zero-order valence-corrected chi connectivity index (χ0v) is 15.9. The van der Waals surface area contributed by atoms with Crippen molar-refractivity contribution in [3.8, 4) is 5.75 Å². The number of carbonyl (C=O) groups excluding carboxylic acids is 1. The fourth-order valence-corrected chi connectivity index (χ4v) is 3.00. The van der Waals surface area contributed by atoms with Gasteiger partial charge in [-0.3, -0.25) is 10.1 Å². The van der Waals surface area contributed by atoms with E-state index < -0.39 is 0 Å². The lowest BCUT2D eigenvalue weighted by Crippen LogP contribution is -2.28. The number of hydrogen-bond donors (Lipinski definition) is 1. The molecule has 1 amide bonds. The van der Waals surface area contributed by atoms with Gasteiger partial charge < -0.3 is 14.2 Å². The molecule has 0 saturated heterocycles. The number of carbonyl (C=O) groups is 1. The molecule has 2 aromatic carbocycles. The smallest absolute Gasteiger partial charge is 0.264 e. The van der Waals surface area contributed by atoms with Gasteiger partial charge in [0, 0.05) is 13.1 Å². The molecule has 142 valence electrons. The number of nitrogens with zero attached hydrogens (tertiary/aromatic N) is 3. The summed E-state index contributed by atoms with van der Waals surface area (Å²) in [5.41, 5.74) is 1.89. The number of fused-ring (bicyclic) bond motifs is 1. The van der Waals surface area contributed by atoms with E-state index in [1.807, 2.05) is 54.6 Å². The number of rotatable bonds is 9. The van der Waals surface area contributed by atoms with E-state index in [1.54, 1.807) is 0 Å². The lowest BCUT2D eigenvalue weighted by atomic mass is 10.3. The topological polar surface area (TPSA) is 59.4 Å². The van der Waals surface area contributed by atoms with Gasteiger partial charge in [0.15, 0.2) is 6.61 Å². The number of para-hydroxylation sites is 3. The largest absolute Gasteiger partial charge is 0.484 e. The highest BCUT2D eigenvalue weighted by Crippen LogP contribution is 2.19. The van der Waals surface area contributed by atoms with E-state index in [0.717, 1.165) is 37.2 Å². The molecule has 0 unspecified atom stereocenters. The second kappa shape index (κ2) is 9.19. The number of benzene rings is 2. The molecule has 6 nitrogen and oxygen atoms in total. The summed E-state index contributed by atoms with van der Waals surface area (Å²) < 4.78 is 7.59. The van der Waals surface area contributed by atoms with Crippen LogP contribution in [0.4, 0.5) is 5.95 Å². The molecule has 0 saturated carbocycles. The Balaban J connectivity index is 1.72. The molecule has 0 bridgehead atoms. The second-order valence-corrected chi connectivity index (χ2v) is 6.25. The summed E-state index contributed by atoms with van der Waals surface area (Å²) in [6.07, 6.45) is 0. The number of imidazole rings is 1. The number of ether oxygens (including phenoxy) is 1. The molecule has 0 aliphatic carbocycles. The first-order valence-corrected chi connectivity index (χ1v) is 9.36. The molecule has 0 radical (unpaired) electrons. The highest BCUT2D eigenvalue weighted by Gasteiger charge is 2.14. The average molecular weight is 366 g/mol. The van der Waals surface area contributed by atoms with Crippen LogP contribution in [0.2, 0.25) is 0 Å². The Hall–Kier alpha value is -2.86. The maximum Gasteiger partial charge on any atom is 0.264 e. The van der Waals surface area contributed by atoms with Crippen LogP contribution >= 0.6 is 0 Å². The standard InChI is InChI=1S/C21H26N4O2/c1-3-24(4-2)14-15-25-19-13-9-8-12-18(19)22-21(25)23-20(26)16-27-17-10-6-5-7-11-17/h5-13H,3-4,14-16H2,1-2H3,(H,22,23,26). The van der Waals surface area contributed by atoms with Gasteiger partial charge in [-0.25, -0.2) is 4.98 Å². The molecule has 0 aliphatic heterocycles. The van der Waals surface area contributed by atoms with Gasteiger partial charge in [0.25, 0.3) is 5.91 Å². The van der Waals surface area contributed by atoms with E-state index in [9.17, 15) is 4.79 Å². The number of nitrogens with one attached hydrogen (secondary N) is 1. The molecule has 3 aromatic rings. The van der Waals surface area contributed by atoms with Gasteiger partial charge in [-0.1, -0.05) is 44.2 Å². The van der Waals surface area contributed by atoms with Gasteiger partial charge in [-0.15, -0.1) is 0 Å². The number of aromatic nitrogens is 2. The molecule has 0 fully saturated rings. The van der Waals surface area contributed by atoms with Crippen molar-refractivity contribution < 1.29 is 9.53 Å². The van der Waals surface area contributed by atoms with Crippen molar-refractivity contribution in [3.63, 3.8) is 0 Å². The minimum atomic E-state index is -0.224. The fraction of sp³-hybridized carbons (Fsp3) is 0.333. The molecule has 27 heavy (non-hydrogen) atoms. The summed E-state index contributed by atoms with van der Waals surface area (Å²) in [4.78, 5) is 19.3. The van der Waals surface area contributed by atoms with Crippen LogP contribution < -0.4 is 10.1 Å². The van der Waals surface area contributed by atoms with E-state index in [4.69, 9.17) is 4.74 Å². The third kappa shape index (κ3) is 4.86. The van der Waals surface area contributed by atoms with Crippen molar-refractivity contribution in [3.05, 3.63) is 54.6 Å². The Labute approximate surface area is 159 Å². The van der Waals surface area contributed by atoms with Crippen LogP contribution in [0.1, 0.15) is 13.8 Å². The van der Waals surface area contributed by atoms with Gasteiger partial charge in [0.1, 0.15) is 5.75 Å². The summed E-state index contributed by atoms with van der Waals surface area (Å²) in [6, 6.07) is 17.2. The van der Waals surface area contributed by atoms with Crippen LogP contribution in [0.3, 0.4) is 0 Å². The van der Waals surface area contributed by atoms with Gasteiger partial charge >= 0.3 is 0 Å². The lowest BCUT2D eigenvalue weighted by Gasteiger charge is -2.19. The fourth-order valence-electron chi connectivity index (χ4n) is 3.00. The predicted molar refractivity (Wildman–Crippen MR) is 108 cm³/mol. The minimum absolute atomic E-state index is 0.0523. The molecule has 1 N–H and O–H groups in total. The molecule has 0 spiro atoms. The van der Waals surface area contributed by atoms with Crippen LogP contribution in [0, 0.1) is 0 Å². The van der Waals surface area contributed by atoms with Crippen molar-refractivity contribution in [2.75, 3.05) is 31.6 Å². The molecule has 0 atom stereocenters. The predicted octanol–water partition coefficient (Wildman–Crippen LogP) is 3.40. The van der Waals surface area contributed by atoms with Gasteiger partial charge in [0.2, 0.25) is 5.95 Å². The van der Waals surface area contributed by atoms with Gasteiger partial charge in [-0.2, -0.15) is 0 Å². The zero-order chi connectivity index (χ0) is 19.1. The van der Waals surface area contributed by atoms with Crippen molar-refractivity contribution in [1.29, 1.82) is 0 Å². The summed E-state index contributed by atoms with van der Waals surface area (Å²) in [6.45, 7) is 7.90. The number of likely N-dealkylation sites (N-methyl/N-ethyl adjacent to an activating group) is 1. The number of amides is 1. The molecule has 3 rings (SSSR count). The highest BCUT2D eigenvalue weighted by molar-refractivity contribution is 5.92. The van der Waals surface area contributed by atoms with Crippen LogP contribution in [-0.4, -0.2) is 46.6 Å². The number of hydrogen-bond acceptors (Lipinski definition) is 4. The first-order valence-electron chi connectivity index (χ1n) is 9.36. The van der Waals surface area contributed by atoms with E-state index in [0.29, 0.717) is 11.7 Å². The second-order valence-electron chi connectivity index (χ2n) is 6.25. The van der Waals surface area contributed by atoms with Crippen molar-refractivity contribution in [2.45, 2.75) is 20.4 Å². The first-order chi connectivity index (χ1) is 13.2. The normalized spacial score (nSPS) is 11.1. The van der Waals surface area contributed by atoms with Gasteiger partial charge in [0.05, 0.1) is 11.0 Å². The molecule has 0 aliphatic rings. The Kier molecular flexibility index (Phi) is 6.44. The third-order valence-electron chi connectivity index (χ3n) is 4.55. The van der Waals surface area contributed by atoms with Crippen LogP contribution in [0.25, 0.3) is 11.0 Å². The molecule has 6 heteroatoms. The number of anilines is 1. The van der Waals surface area contributed by atoms with Gasteiger partial charge in [-0.05, 0) is 37.4 Å². The lowest BCUT2D eigenvalue weighted by molar-refractivity contribution is -0.118. The first kappa shape index (κ1) is 18.9. The maximum absolute atomic E-state index is 12.4. The van der Waals surface area contributed by atoms with E-state index in [-0.39, 0.29) is 12.5 Å². The van der Waals surface area contributed by atoms with Crippen molar-refractivity contribution >= 4 is 22.9 Å². The Morgan fingerprint density at radius 3 is 2.52 bits per heavy atom. The minimum Gasteiger partial charge on any atom is -0.484 e. The van der Waals surface area contributed by atoms with E-state index >= 15 is 0 Å². The van der Waals surface area contributed by atoms with Crippen LogP contribution in [0.5, 0.6) is 5.75 Å². The summed E-state index contributed by atoms with van der Waals surface area (Å²) in [5, 5.41) is 2.90. The van der Waals surface area contributed by atoms with Crippen LogP contribution in [0.15, 0.2) is 54.6 Å². The van der Waals surface area contributed by atoms with Crippen molar-refractivity contribution in [2.24, 2.45) is 0 Å². The Morgan fingerprint density at radius 2 is 1.78 bits per heavy atom. The van der Waals surface area contributed by atoms with Crippen LogP contribution in [-0.2, 0) is 11.3 Å². The molecule has 1 aromatic heterocycles. The highest BCUT2D eigenvalue weighted by atomic mass is 16.5. The quantitative estimate of drug-likeness (QED) is 0.631. The molecular weight excluding hydrogens is 340 g/mol. The van der Waals surface area contributed by atoms with E-state index in [1.165, 1.54) is 0 Å². The maximum atomic E-state index is 12.4.